The second-order valence-corrected chi connectivity index (χ2v) is 6.42. The van der Waals surface area contributed by atoms with Crippen LogP contribution >= 0.6 is 0 Å². The molecule has 1 amide bonds. The minimum atomic E-state index is -0.446. The summed E-state index contributed by atoms with van der Waals surface area (Å²) in [7, 11) is 0. The number of non-ortho nitro benzene ring substituents is 1. The van der Waals surface area contributed by atoms with Crippen LogP contribution in [0.5, 0.6) is 0 Å². The first-order chi connectivity index (χ1) is 10.5. The van der Waals surface area contributed by atoms with Crippen LogP contribution in [0.4, 0.5) is 5.69 Å². The molecule has 1 N–H and O–H groups in total. The summed E-state index contributed by atoms with van der Waals surface area (Å²) in [5, 5.41) is 14.5. The zero-order valence-corrected chi connectivity index (χ0v) is 12.5. The zero-order valence-electron chi connectivity index (χ0n) is 12.5. The van der Waals surface area contributed by atoms with Crippen molar-refractivity contribution in [1.82, 2.24) is 5.43 Å². The molecule has 0 heterocycles. The van der Waals surface area contributed by atoms with E-state index in [2.05, 4.69) is 17.5 Å². The van der Waals surface area contributed by atoms with Crippen LogP contribution < -0.4 is 5.43 Å². The maximum atomic E-state index is 12.2. The quantitative estimate of drug-likeness (QED) is 0.527. The average molecular weight is 301 g/mol. The van der Waals surface area contributed by atoms with E-state index in [-0.39, 0.29) is 22.9 Å². The number of nitrogens with zero attached hydrogens (tertiary/aromatic N) is 2. The first-order valence-corrected chi connectivity index (χ1v) is 7.60. The van der Waals surface area contributed by atoms with Crippen LogP contribution in [0.1, 0.15) is 38.2 Å². The van der Waals surface area contributed by atoms with Crippen LogP contribution in [0.2, 0.25) is 0 Å². The molecule has 1 aromatic carbocycles. The van der Waals surface area contributed by atoms with Crippen molar-refractivity contribution < 1.29 is 9.72 Å². The van der Waals surface area contributed by atoms with E-state index < -0.39 is 4.92 Å². The van der Waals surface area contributed by atoms with Gasteiger partial charge < -0.3 is 0 Å². The zero-order chi connectivity index (χ0) is 15.7. The lowest BCUT2D eigenvalue weighted by atomic mass is 9.90. The van der Waals surface area contributed by atoms with Crippen molar-refractivity contribution in [3.63, 3.8) is 0 Å². The van der Waals surface area contributed by atoms with Gasteiger partial charge >= 0.3 is 0 Å². The summed E-state index contributed by atoms with van der Waals surface area (Å²) in [6.45, 7) is 2.20. The Morgan fingerprint density at radius 3 is 2.73 bits per heavy atom. The second-order valence-electron chi connectivity index (χ2n) is 6.42. The van der Waals surface area contributed by atoms with Crippen molar-refractivity contribution in [2.45, 2.75) is 32.6 Å². The van der Waals surface area contributed by atoms with Gasteiger partial charge in [-0.25, -0.2) is 5.43 Å². The van der Waals surface area contributed by atoms with Gasteiger partial charge in [-0.3, -0.25) is 14.9 Å². The van der Waals surface area contributed by atoms with Crippen LogP contribution in [0, 0.1) is 27.4 Å². The van der Waals surface area contributed by atoms with E-state index in [0.29, 0.717) is 11.5 Å². The third-order valence-electron chi connectivity index (χ3n) is 5.11. The smallest absolute Gasteiger partial charge is 0.269 e. The number of hydrazone groups is 1. The molecule has 0 radical (unpaired) electrons. The lowest BCUT2D eigenvalue weighted by molar-refractivity contribution is -0.384. The molecule has 6 nitrogen and oxygen atoms in total. The predicted molar refractivity (Wildman–Crippen MR) is 82.4 cm³/mol. The number of hydrogen-bond donors (Lipinski definition) is 1. The molecule has 2 saturated carbocycles. The van der Waals surface area contributed by atoms with Gasteiger partial charge in [0.25, 0.3) is 5.69 Å². The van der Waals surface area contributed by atoms with E-state index in [0.717, 1.165) is 12.8 Å². The van der Waals surface area contributed by atoms with Crippen molar-refractivity contribution in [2.75, 3.05) is 0 Å². The number of fused-ring (bicyclic) bond motifs is 1. The molecule has 0 aromatic heterocycles. The Morgan fingerprint density at radius 2 is 2.14 bits per heavy atom. The SMILES string of the molecule is C[C@]12CCCC[C@H]1[C@H]2C(=O)N/N=C/c1ccc([N+](=O)[O-])cc1. The standard InChI is InChI=1S/C16H19N3O3/c1-16-9-3-2-4-13(16)14(16)15(20)18-17-10-11-5-7-12(8-6-11)19(21)22/h5-8,10,13-14H,2-4,9H2,1H3,(H,18,20)/b17-10+/t13-,14-,16-/m0/s1. The lowest BCUT2D eigenvalue weighted by Crippen LogP contribution is -2.22. The van der Waals surface area contributed by atoms with E-state index in [1.54, 1.807) is 12.1 Å². The summed E-state index contributed by atoms with van der Waals surface area (Å²) in [6.07, 6.45) is 6.21. The number of rotatable bonds is 4. The molecule has 0 aliphatic heterocycles. The van der Waals surface area contributed by atoms with Gasteiger partial charge in [0.15, 0.2) is 0 Å². The van der Waals surface area contributed by atoms with Gasteiger partial charge in [-0.15, -0.1) is 0 Å². The van der Waals surface area contributed by atoms with E-state index in [1.165, 1.54) is 31.2 Å². The van der Waals surface area contributed by atoms with Gasteiger partial charge in [0.1, 0.15) is 0 Å². The Balaban J connectivity index is 1.56. The maximum Gasteiger partial charge on any atom is 0.269 e. The Kier molecular flexibility index (Phi) is 3.68. The molecule has 116 valence electrons. The van der Waals surface area contributed by atoms with E-state index >= 15 is 0 Å². The Morgan fingerprint density at radius 1 is 1.41 bits per heavy atom. The molecule has 3 rings (SSSR count). The highest BCUT2D eigenvalue weighted by molar-refractivity contribution is 5.86. The van der Waals surface area contributed by atoms with Crippen LogP contribution in [0.15, 0.2) is 29.4 Å². The third-order valence-corrected chi connectivity index (χ3v) is 5.11. The largest absolute Gasteiger partial charge is 0.273 e. The summed E-state index contributed by atoms with van der Waals surface area (Å²) < 4.78 is 0. The van der Waals surface area contributed by atoms with Crippen LogP contribution in [-0.4, -0.2) is 17.0 Å². The van der Waals surface area contributed by atoms with Gasteiger partial charge in [-0.1, -0.05) is 19.8 Å². The highest BCUT2D eigenvalue weighted by Crippen LogP contribution is 2.66. The monoisotopic (exact) mass is 301 g/mol. The van der Waals surface area contributed by atoms with Gasteiger partial charge in [0, 0.05) is 18.1 Å². The highest BCUT2D eigenvalue weighted by atomic mass is 16.6. The van der Waals surface area contributed by atoms with E-state index in [1.807, 2.05) is 0 Å². The summed E-state index contributed by atoms with van der Waals surface area (Å²) in [5.74, 6) is 0.590. The Hall–Kier alpha value is -2.24. The number of amides is 1. The first kappa shape index (κ1) is 14.7. The predicted octanol–water partition coefficient (Wildman–Crippen LogP) is 2.87. The fraction of sp³-hybridized carbons (Fsp3) is 0.500. The molecular formula is C16H19N3O3. The topological polar surface area (TPSA) is 84.6 Å². The first-order valence-electron chi connectivity index (χ1n) is 7.60. The molecule has 6 heteroatoms. The minimum absolute atomic E-state index is 0.00689. The lowest BCUT2D eigenvalue weighted by Gasteiger charge is -2.15. The summed E-state index contributed by atoms with van der Waals surface area (Å²) >= 11 is 0. The normalized spacial score (nSPS) is 29.9. The Bertz CT molecular complexity index is 626. The molecular weight excluding hydrogens is 282 g/mol. The molecule has 0 unspecified atom stereocenters. The van der Waals surface area contributed by atoms with E-state index in [9.17, 15) is 14.9 Å². The minimum Gasteiger partial charge on any atom is -0.273 e. The number of carbonyl (C=O) groups is 1. The third kappa shape index (κ3) is 2.61. The maximum absolute atomic E-state index is 12.2. The molecule has 2 fully saturated rings. The van der Waals surface area contributed by atoms with Crippen LogP contribution in [0.3, 0.4) is 0 Å². The van der Waals surface area contributed by atoms with Gasteiger partial charge in [0.05, 0.1) is 11.1 Å². The average Bonchev–Trinajstić information content (AvgIpc) is 3.13. The number of nitrogens with one attached hydrogen (secondary N) is 1. The molecule has 0 spiro atoms. The van der Waals surface area contributed by atoms with Gasteiger partial charge in [-0.2, -0.15) is 5.10 Å². The fourth-order valence-corrected chi connectivity index (χ4v) is 3.77. The van der Waals surface area contributed by atoms with Crippen molar-refractivity contribution in [2.24, 2.45) is 22.4 Å². The van der Waals surface area contributed by atoms with Gasteiger partial charge in [-0.05, 0) is 41.9 Å². The fourth-order valence-electron chi connectivity index (χ4n) is 3.77. The van der Waals surface area contributed by atoms with Crippen molar-refractivity contribution in [1.29, 1.82) is 0 Å². The summed E-state index contributed by atoms with van der Waals surface area (Å²) in [4.78, 5) is 22.3. The molecule has 2 aliphatic carbocycles. The molecule has 1 aromatic rings. The number of nitro groups is 1. The second kappa shape index (κ2) is 5.51. The van der Waals surface area contributed by atoms with Crippen molar-refractivity contribution in [3.8, 4) is 0 Å². The number of hydrogen-bond acceptors (Lipinski definition) is 4. The van der Waals surface area contributed by atoms with Crippen molar-refractivity contribution >= 4 is 17.8 Å². The highest BCUT2D eigenvalue weighted by Gasteiger charge is 2.64. The number of benzene rings is 1. The van der Waals surface area contributed by atoms with Crippen LogP contribution in [-0.2, 0) is 4.79 Å². The van der Waals surface area contributed by atoms with Crippen molar-refractivity contribution in [3.05, 3.63) is 39.9 Å². The van der Waals surface area contributed by atoms with E-state index in [4.69, 9.17) is 0 Å². The number of nitro benzene ring substituents is 1. The molecule has 0 saturated heterocycles. The molecule has 2 aliphatic rings. The molecule has 3 atom stereocenters. The van der Waals surface area contributed by atoms with Crippen LogP contribution in [0.25, 0.3) is 0 Å². The molecule has 0 bridgehead atoms. The summed E-state index contributed by atoms with van der Waals surface area (Å²) in [6, 6.07) is 6.04. The number of carbonyl (C=O) groups excluding carboxylic acids is 1. The Labute approximate surface area is 128 Å². The molecule has 22 heavy (non-hydrogen) atoms. The van der Waals surface area contributed by atoms with Gasteiger partial charge in [0.2, 0.25) is 5.91 Å². The summed E-state index contributed by atoms with van der Waals surface area (Å²) in [5.41, 5.74) is 3.53.